The molecule has 112 valence electrons. The lowest BCUT2D eigenvalue weighted by Crippen LogP contribution is -2.27. The van der Waals surface area contributed by atoms with Crippen LogP contribution < -0.4 is 10.1 Å². The van der Waals surface area contributed by atoms with Gasteiger partial charge in [0.1, 0.15) is 11.4 Å². The molecule has 1 rings (SSSR count). The van der Waals surface area contributed by atoms with Crippen molar-refractivity contribution in [3.05, 3.63) is 23.8 Å². The van der Waals surface area contributed by atoms with Crippen LogP contribution in [0.2, 0.25) is 0 Å². The van der Waals surface area contributed by atoms with Crippen LogP contribution in [0.4, 0.5) is 10.5 Å². The van der Waals surface area contributed by atoms with Gasteiger partial charge in [-0.1, -0.05) is 15.9 Å². The van der Waals surface area contributed by atoms with Gasteiger partial charge in [0.2, 0.25) is 0 Å². The molecule has 0 saturated carbocycles. The molecule has 0 bridgehead atoms. The average Bonchev–Trinajstić information content (AvgIpc) is 2.35. The molecule has 20 heavy (non-hydrogen) atoms. The van der Waals surface area contributed by atoms with Gasteiger partial charge in [-0.3, -0.25) is 5.32 Å². The van der Waals surface area contributed by atoms with Crippen LogP contribution in [0.3, 0.4) is 0 Å². The van der Waals surface area contributed by atoms with Gasteiger partial charge < -0.3 is 14.6 Å². The lowest BCUT2D eigenvalue weighted by Gasteiger charge is -2.20. The molecule has 5 nitrogen and oxygen atoms in total. The van der Waals surface area contributed by atoms with E-state index in [9.17, 15) is 9.90 Å². The van der Waals surface area contributed by atoms with E-state index >= 15 is 0 Å². The molecule has 0 spiro atoms. The average molecular weight is 346 g/mol. The second-order valence-corrected chi connectivity index (χ2v) is 5.90. The number of methoxy groups -OCH3 is 1. The first-order valence-electron chi connectivity index (χ1n) is 6.19. The van der Waals surface area contributed by atoms with Crippen molar-refractivity contribution in [1.29, 1.82) is 0 Å². The normalized spacial score (nSPS) is 12.7. The number of carbonyl (C=O) groups is 1. The third-order valence-electron chi connectivity index (χ3n) is 2.38. The first kappa shape index (κ1) is 16.8. The molecule has 2 N–H and O–H groups in total. The van der Waals surface area contributed by atoms with E-state index in [1.54, 1.807) is 39.0 Å². The monoisotopic (exact) mass is 345 g/mol. The number of halogens is 1. The highest BCUT2D eigenvalue weighted by Crippen LogP contribution is 2.29. The molecule has 0 heterocycles. The highest BCUT2D eigenvalue weighted by Gasteiger charge is 2.18. The summed E-state index contributed by atoms with van der Waals surface area (Å²) in [4.78, 5) is 11.7. The van der Waals surface area contributed by atoms with Crippen LogP contribution in [0.5, 0.6) is 5.75 Å². The predicted molar refractivity (Wildman–Crippen MR) is 81.6 cm³/mol. The van der Waals surface area contributed by atoms with Crippen molar-refractivity contribution < 1.29 is 19.4 Å². The highest BCUT2D eigenvalue weighted by molar-refractivity contribution is 9.09. The van der Waals surface area contributed by atoms with Gasteiger partial charge in [-0.25, -0.2) is 4.79 Å². The van der Waals surface area contributed by atoms with E-state index in [-0.39, 0.29) is 0 Å². The minimum Gasteiger partial charge on any atom is -0.496 e. The summed E-state index contributed by atoms with van der Waals surface area (Å²) < 4.78 is 10.4. The molecule has 0 fully saturated rings. The summed E-state index contributed by atoms with van der Waals surface area (Å²) in [5.41, 5.74) is 0.572. The third-order valence-corrected chi connectivity index (χ3v) is 2.99. The largest absolute Gasteiger partial charge is 0.496 e. The molecule has 0 aromatic heterocycles. The minimum absolute atomic E-state index is 0.374. The summed E-state index contributed by atoms with van der Waals surface area (Å²) in [6.07, 6.45) is -1.26. The van der Waals surface area contributed by atoms with Crippen molar-refractivity contribution in [3.63, 3.8) is 0 Å². The van der Waals surface area contributed by atoms with Crippen LogP contribution in [0.15, 0.2) is 18.2 Å². The Morgan fingerprint density at radius 2 is 2.10 bits per heavy atom. The molecule has 1 atom stereocenters. The van der Waals surface area contributed by atoms with Crippen molar-refractivity contribution in [1.82, 2.24) is 0 Å². The molecular weight excluding hydrogens is 326 g/mol. The Morgan fingerprint density at radius 3 is 2.60 bits per heavy atom. The quantitative estimate of drug-likeness (QED) is 0.820. The fourth-order valence-corrected chi connectivity index (χ4v) is 1.93. The minimum atomic E-state index is -0.717. The van der Waals surface area contributed by atoms with E-state index in [2.05, 4.69) is 21.2 Å². The number of aliphatic hydroxyl groups excluding tert-OH is 1. The van der Waals surface area contributed by atoms with E-state index in [1.807, 2.05) is 0 Å². The van der Waals surface area contributed by atoms with Gasteiger partial charge >= 0.3 is 6.09 Å². The molecule has 0 aliphatic rings. The zero-order valence-corrected chi connectivity index (χ0v) is 13.7. The number of alkyl halides is 1. The van der Waals surface area contributed by atoms with Crippen molar-refractivity contribution >= 4 is 27.7 Å². The van der Waals surface area contributed by atoms with Gasteiger partial charge in [0, 0.05) is 16.6 Å². The predicted octanol–water partition coefficient (Wildman–Crippen LogP) is 3.47. The first-order chi connectivity index (χ1) is 9.26. The van der Waals surface area contributed by atoms with E-state index in [4.69, 9.17) is 9.47 Å². The summed E-state index contributed by atoms with van der Waals surface area (Å²) in [6, 6.07) is 5.04. The molecule has 6 heteroatoms. The molecule has 1 unspecified atom stereocenters. The molecule has 1 aromatic carbocycles. The number of ether oxygens (including phenoxy) is 2. The first-order valence-corrected chi connectivity index (χ1v) is 7.31. The molecule has 0 aliphatic heterocycles. The highest BCUT2D eigenvalue weighted by atomic mass is 79.9. The second kappa shape index (κ2) is 6.95. The van der Waals surface area contributed by atoms with Crippen LogP contribution in [0.25, 0.3) is 0 Å². The fourth-order valence-electron chi connectivity index (χ4n) is 1.58. The topological polar surface area (TPSA) is 67.8 Å². The van der Waals surface area contributed by atoms with Gasteiger partial charge in [-0.05, 0) is 39.0 Å². The smallest absolute Gasteiger partial charge is 0.412 e. The van der Waals surface area contributed by atoms with E-state index in [1.165, 1.54) is 7.11 Å². The fraction of sp³-hybridized carbons (Fsp3) is 0.500. The van der Waals surface area contributed by atoms with E-state index < -0.39 is 17.8 Å². The Hall–Kier alpha value is -1.27. The number of hydrogen-bond donors (Lipinski definition) is 2. The SMILES string of the molecule is COc1ccc(NC(=O)OC(C)(C)C)cc1C(O)CBr. The molecule has 1 aromatic rings. The van der Waals surface area contributed by atoms with Crippen molar-refractivity contribution in [2.75, 3.05) is 17.8 Å². The number of amides is 1. The number of rotatable bonds is 4. The standard InChI is InChI=1S/C14H20BrNO4/c1-14(2,3)20-13(18)16-9-5-6-12(19-4)10(7-9)11(17)8-15/h5-7,11,17H,8H2,1-4H3,(H,16,18). The Labute approximate surface area is 127 Å². The van der Waals surface area contributed by atoms with Gasteiger partial charge in [-0.2, -0.15) is 0 Å². The number of benzene rings is 1. The molecule has 0 saturated heterocycles. The van der Waals surface area contributed by atoms with Gasteiger partial charge in [-0.15, -0.1) is 0 Å². The van der Waals surface area contributed by atoms with Crippen LogP contribution in [0, 0.1) is 0 Å². The van der Waals surface area contributed by atoms with Crippen molar-refractivity contribution in [2.24, 2.45) is 0 Å². The van der Waals surface area contributed by atoms with Crippen LogP contribution in [0.1, 0.15) is 32.4 Å². The third kappa shape index (κ3) is 5.02. The van der Waals surface area contributed by atoms with Gasteiger partial charge in [0.15, 0.2) is 0 Å². The maximum atomic E-state index is 11.7. The lowest BCUT2D eigenvalue weighted by atomic mass is 10.1. The zero-order valence-electron chi connectivity index (χ0n) is 12.1. The van der Waals surface area contributed by atoms with E-state index in [0.29, 0.717) is 22.3 Å². The van der Waals surface area contributed by atoms with Crippen molar-refractivity contribution in [3.8, 4) is 5.75 Å². The van der Waals surface area contributed by atoms with Crippen LogP contribution in [-0.2, 0) is 4.74 Å². The van der Waals surface area contributed by atoms with Gasteiger partial charge in [0.25, 0.3) is 0 Å². The lowest BCUT2D eigenvalue weighted by molar-refractivity contribution is 0.0636. The molecule has 0 radical (unpaired) electrons. The summed E-state index contributed by atoms with van der Waals surface area (Å²) in [6.45, 7) is 5.38. The maximum absolute atomic E-state index is 11.7. The number of aliphatic hydroxyl groups is 1. The van der Waals surface area contributed by atoms with E-state index in [0.717, 1.165) is 0 Å². The number of hydrogen-bond acceptors (Lipinski definition) is 4. The van der Waals surface area contributed by atoms with Gasteiger partial charge in [0.05, 0.1) is 13.2 Å². The molecule has 0 aliphatic carbocycles. The summed E-state index contributed by atoms with van der Waals surface area (Å²) in [7, 11) is 1.53. The number of anilines is 1. The molecule has 1 amide bonds. The summed E-state index contributed by atoms with van der Waals surface area (Å²) in [5.74, 6) is 0.562. The summed E-state index contributed by atoms with van der Waals surface area (Å²) >= 11 is 3.21. The Morgan fingerprint density at radius 1 is 1.45 bits per heavy atom. The Bertz CT molecular complexity index is 471. The number of nitrogens with one attached hydrogen (secondary N) is 1. The summed E-state index contributed by atoms with van der Waals surface area (Å²) in [5, 5.41) is 12.9. The van der Waals surface area contributed by atoms with Crippen LogP contribution in [-0.4, -0.2) is 29.2 Å². The molecular formula is C14H20BrNO4. The van der Waals surface area contributed by atoms with Crippen LogP contribution >= 0.6 is 15.9 Å². The number of carbonyl (C=O) groups excluding carboxylic acids is 1. The maximum Gasteiger partial charge on any atom is 0.412 e. The Balaban J connectivity index is 2.89. The Kier molecular flexibility index (Phi) is 5.83. The zero-order chi connectivity index (χ0) is 15.3. The van der Waals surface area contributed by atoms with Crippen molar-refractivity contribution in [2.45, 2.75) is 32.5 Å². The second-order valence-electron chi connectivity index (χ2n) is 5.25.